The van der Waals surface area contributed by atoms with Crippen LogP contribution in [0.25, 0.3) is 0 Å². The van der Waals surface area contributed by atoms with Crippen molar-refractivity contribution in [1.29, 1.82) is 0 Å². The number of hydrogen-bond acceptors (Lipinski definition) is 3. The van der Waals surface area contributed by atoms with E-state index in [-0.39, 0.29) is 24.4 Å². The maximum atomic E-state index is 11.9. The molecule has 0 fully saturated rings. The van der Waals surface area contributed by atoms with E-state index < -0.39 is 0 Å². The Morgan fingerprint density at radius 1 is 1.42 bits per heavy atom. The molecule has 0 radical (unpaired) electrons. The number of ether oxygens (including phenoxy) is 1. The third-order valence-corrected chi connectivity index (χ3v) is 2.62. The van der Waals surface area contributed by atoms with Crippen LogP contribution < -0.4 is 10.6 Å². The van der Waals surface area contributed by atoms with Crippen LogP contribution in [0.5, 0.6) is 0 Å². The van der Waals surface area contributed by atoms with Crippen LogP contribution in [-0.2, 0) is 11.3 Å². The summed E-state index contributed by atoms with van der Waals surface area (Å²) in [6.45, 7) is 6.15. The maximum Gasteiger partial charge on any atom is 0.251 e. The highest BCUT2D eigenvalue weighted by atomic mass is 35.5. The molecule has 19 heavy (non-hydrogen) atoms. The van der Waals surface area contributed by atoms with Crippen molar-refractivity contribution in [3.05, 3.63) is 35.4 Å². The molecule has 0 saturated heterocycles. The Balaban J connectivity index is 0.00000324. The Hall–Kier alpha value is -1.10. The van der Waals surface area contributed by atoms with Gasteiger partial charge in [-0.05, 0) is 31.2 Å². The van der Waals surface area contributed by atoms with Crippen LogP contribution >= 0.6 is 12.4 Å². The number of carbonyl (C=O) groups excluding carboxylic acids is 1. The van der Waals surface area contributed by atoms with Gasteiger partial charge in [0.05, 0.1) is 6.61 Å². The van der Waals surface area contributed by atoms with Crippen LogP contribution in [0, 0.1) is 0 Å². The van der Waals surface area contributed by atoms with Gasteiger partial charge in [0.25, 0.3) is 5.91 Å². The highest BCUT2D eigenvalue weighted by molar-refractivity contribution is 5.94. The van der Waals surface area contributed by atoms with Crippen molar-refractivity contribution in [3.8, 4) is 0 Å². The lowest BCUT2D eigenvalue weighted by Gasteiger charge is -2.13. The van der Waals surface area contributed by atoms with Gasteiger partial charge in [-0.1, -0.05) is 19.1 Å². The van der Waals surface area contributed by atoms with Gasteiger partial charge in [0.1, 0.15) is 0 Å². The van der Waals surface area contributed by atoms with Crippen LogP contribution in [-0.4, -0.2) is 32.1 Å². The van der Waals surface area contributed by atoms with E-state index in [4.69, 9.17) is 4.74 Å². The largest absolute Gasteiger partial charge is 0.380 e. The first-order chi connectivity index (χ1) is 8.67. The molecule has 0 aliphatic carbocycles. The smallest absolute Gasteiger partial charge is 0.251 e. The fourth-order valence-electron chi connectivity index (χ4n) is 1.74. The molecule has 0 aromatic heterocycles. The van der Waals surface area contributed by atoms with Crippen molar-refractivity contribution in [1.82, 2.24) is 10.6 Å². The van der Waals surface area contributed by atoms with E-state index in [0.29, 0.717) is 18.7 Å². The third-order valence-electron chi connectivity index (χ3n) is 2.62. The molecule has 0 saturated carbocycles. The SMILES string of the molecule is CCN[C@H](C)CNC(=O)c1cccc(COC)c1.Cl. The predicted molar refractivity (Wildman–Crippen MR) is 79.9 cm³/mol. The van der Waals surface area contributed by atoms with Gasteiger partial charge in [-0.15, -0.1) is 12.4 Å². The topological polar surface area (TPSA) is 50.4 Å². The van der Waals surface area contributed by atoms with E-state index in [0.717, 1.165) is 12.1 Å². The van der Waals surface area contributed by atoms with E-state index >= 15 is 0 Å². The summed E-state index contributed by atoms with van der Waals surface area (Å²) in [5, 5.41) is 6.16. The van der Waals surface area contributed by atoms with E-state index in [9.17, 15) is 4.79 Å². The molecule has 0 heterocycles. The lowest BCUT2D eigenvalue weighted by Crippen LogP contribution is -2.38. The summed E-state index contributed by atoms with van der Waals surface area (Å²) in [5.74, 6) is -0.0438. The number of nitrogens with one attached hydrogen (secondary N) is 2. The molecule has 1 aromatic rings. The van der Waals surface area contributed by atoms with Gasteiger partial charge in [-0.25, -0.2) is 0 Å². The number of hydrogen-bond donors (Lipinski definition) is 2. The lowest BCUT2D eigenvalue weighted by molar-refractivity contribution is 0.0950. The minimum atomic E-state index is -0.0438. The summed E-state index contributed by atoms with van der Waals surface area (Å²) in [5.41, 5.74) is 1.68. The summed E-state index contributed by atoms with van der Waals surface area (Å²) in [6.07, 6.45) is 0. The Morgan fingerprint density at radius 2 is 2.16 bits per heavy atom. The van der Waals surface area contributed by atoms with Crippen LogP contribution in [0.15, 0.2) is 24.3 Å². The molecule has 108 valence electrons. The molecule has 0 aliphatic heterocycles. The molecule has 2 N–H and O–H groups in total. The summed E-state index contributed by atoms with van der Waals surface area (Å²) in [4.78, 5) is 11.9. The Kier molecular flexibility index (Phi) is 9.21. The maximum absolute atomic E-state index is 11.9. The number of likely N-dealkylation sites (N-methyl/N-ethyl adjacent to an activating group) is 1. The van der Waals surface area contributed by atoms with Crippen molar-refractivity contribution >= 4 is 18.3 Å². The molecule has 1 rings (SSSR count). The quantitative estimate of drug-likeness (QED) is 0.806. The third kappa shape index (κ3) is 6.57. The first-order valence-electron chi connectivity index (χ1n) is 6.26. The number of halogens is 1. The lowest BCUT2D eigenvalue weighted by atomic mass is 10.1. The van der Waals surface area contributed by atoms with Gasteiger partial charge < -0.3 is 15.4 Å². The minimum Gasteiger partial charge on any atom is -0.380 e. The summed E-state index contributed by atoms with van der Waals surface area (Å²) in [6, 6.07) is 7.77. The fraction of sp³-hybridized carbons (Fsp3) is 0.500. The normalized spacial score (nSPS) is 11.5. The van der Waals surface area contributed by atoms with Crippen LogP contribution in [0.3, 0.4) is 0 Å². The zero-order valence-electron chi connectivity index (χ0n) is 11.7. The second kappa shape index (κ2) is 9.78. The predicted octanol–water partition coefficient (Wildman–Crippen LogP) is 1.98. The van der Waals surface area contributed by atoms with Crippen molar-refractivity contribution in [2.24, 2.45) is 0 Å². The Labute approximate surface area is 121 Å². The molecule has 0 unspecified atom stereocenters. The summed E-state index contributed by atoms with van der Waals surface area (Å²) < 4.78 is 5.05. The fourth-order valence-corrected chi connectivity index (χ4v) is 1.74. The molecule has 0 spiro atoms. The molecule has 1 atom stereocenters. The number of amides is 1. The van der Waals surface area contributed by atoms with Crippen LogP contribution in [0.1, 0.15) is 29.8 Å². The van der Waals surface area contributed by atoms with E-state index in [1.54, 1.807) is 7.11 Å². The van der Waals surface area contributed by atoms with Gasteiger partial charge in [0, 0.05) is 25.3 Å². The highest BCUT2D eigenvalue weighted by Gasteiger charge is 2.07. The molecule has 5 heteroatoms. The van der Waals surface area contributed by atoms with Crippen molar-refractivity contribution in [3.63, 3.8) is 0 Å². The standard InChI is InChI=1S/C14H22N2O2.ClH/c1-4-15-11(2)9-16-14(17)13-7-5-6-12(8-13)10-18-3;/h5-8,11,15H,4,9-10H2,1-3H3,(H,16,17);1H/t11-;/m1./s1. The molecule has 1 amide bonds. The number of methoxy groups -OCH3 is 1. The molecule has 4 nitrogen and oxygen atoms in total. The van der Waals surface area contributed by atoms with Crippen molar-refractivity contribution < 1.29 is 9.53 Å². The molecule has 1 aromatic carbocycles. The zero-order chi connectivity index (χ0) is 13.4. The second-order valence-electron chi connectivity index (χ2n) is 4.30. The Bertz CT molecular complexity index is 385. The van der Waals surface area contributed by atoms with Crippen molar-refractivity contribution in [2.75, 3.05) is 20.2 Å². The average Bonchev–Trinajstić information content (AvgIpc) is 2.37. The molecule has 0 bridgehead atoms. The van der Waals surface area contributed by atoms with Gasteiger partial charge >= 0.3 is 0 Å². The first kappa shape index (κ1) is 17.9. The van der Waals surface area contributed by atoms with Crippen LogP contribution in [0.4, 0.5) is 0 Å². The first-order valence-corrected chi connectivity index (χ1v) is 6.26. The average molecular weight is 287 g/mol. The molecular weight excluding hydrogens is 264 g/mol. The zero-order valence-corrected chi connectivity index (χ0v) is 12.5. The van der Waals surface area contributed by atoms with E-state index in [2.05, 4.69) is 10.6 Å². The van der Waals surface area contributed by atoms with E-state index in [1.807, 2.05) is 38.1 Å². The highest BCUT2D eigenvalue weighted by Crippen LogP contribution is 2.06. The van der Waals surface area contributed by atoms with Gasteiger partial charge in [0.2, 0.25) is 0 Å². The monoisotopic (exact) mass is 286 g/mol. The van der Waals surface area contributed by atoms with E-state index in [1.165, 1.54) is 0 Å². The van der Waals surface area contributed by atoms with Gasteiger partial charge in [-0.2, -0.15) is 0 Å². The molecule has 0 aliphatic rings. The second-order valence-corrected chi connectivity index (χ2v) is 4.30. The molecular formula is C14H23ClN2O2. The number of carbonyl (C=O) groups is 1. The van der Waals surface area contributed by atoms with Crippen LogP contribution in [0.2, 0.25) is 0 Å². The summed E-state index contributed by atoms with van der Waals surface area (Å²) in [7, 11) is 1.64. The Morgan fingerprint density at radius 3 is 2.79 bits per heavy atom. The minimum absolute atomic E-state index is 0. The van der Waals surface area contributed by atoms with Gasteiger partial charge in [0.15, 0.2) is 0 Å². The van der Waals surface area contributed by atoms with Gasteiger partial charge in [-0.3, -0.25) is 4.79 Å². The summed E-state index contributed by atoms with van der Waals surface area (Å²) >= 11 is 0. The van der Waals surface area contributed by atoms with Crippen molar-refractivity contribution in [2.45, 2.75) is 26.5 Å². The number of rotatable bonds is 7. The number of benzene rings is 1.